The van der Waals surface area contributed by atoms with E-state index in [0.29, 0.717) is 31.7 Å². The fourth-order valence-electron chi connectivity index (χ4n) is 4.83. The number of nitrogens with zero attached hydrogens (tertiary/aromatic N) is 3. The van der Waals surface area contributed by atoms with Gasteiger partial charge in [0.2, 0.25) is 5.88 Å². The van der Waals surface area contributed by atoms with Crippen LogP contribution < -0.4 is 9.47 Å². The van der Waals surface area contributed by atoms with Gasteiger partial charge < -0.3 is 23.8 Å². The van der Waals surface area contributed by atoms with Gasteiger partial charge in [-0.2, -0.15) is 5.10 Å². The maximum absolute atomic E-state index is 12.5. The quantitative estimate of drug-likeness (QED) is 0.385. The Kier molecular flexibility index (Phi) is 9.83. The number of benzene rings is 1. The van der Waals surface area contributed by atoms with Crippen molar-refractivity contribution in [3.05, 3.63) is 36.0 Å². The first-order valence-corrected chi connectivity index (χ1v) is 14.2. The average molecular weight is 526 g/mol. The number of amides is 1. The van der Waals surface area contributed by atoms with Crippen molar-refractivity contribution < 1.29 is 23.7 Å². The van der Waals surface area contributed by atoms with E-state index in [1.165, 1.54) is 19.3 Å². The fraction of sp³-hybridized carbons (Fsp3) is 0.633. The number of hydrogen-bond acceptors (Lipinski definition) is 7. The standard InChI is InChI=1S/C30H43N3O5/c1-5-6-12-27-26(22-13-15-24(16-14-22)37-23-10-8-7-9-11-23)19-28(32-31-27)36-21-25-20-33(17-18-35-25)29(34)38-30(2,3)4/h13-16,19,23,25H,5-12,17-18,20-21H2,1-4H3. The first-order chi connectivity index (χ1) is 18.3. The average Bonchev–Trinajstić information content (AvgIpc) is 2.91. The van der Waals surface area contributed by atoms with Crippen LogP contribution in [0.25, 0.3) is 11.1 Å². The number of aryl methyl sites for hydroxylation is 1. The van der Waals surface area contributed by atoms with Crippen LogP contribution in [-0.2, 0) is 15.9 Å². The Bertz CT molecular complexity index is 1030. The first-order valence-electron chi connectivity index (χ1n) is 14.2. The first kappa shape index (κ1) is 28.1. The lowest BCUT2D eigenvalue weighted by molar-refractivity contribution is -0.0562. The lowest BCUT2D eigenvalue weighted by Crippen LogP contribution is -2.49. The van der Waals surface area contributed by atoms with Crippen molar-refractivity contribution in [1.82, 2.24) is 15.1 Å². The molecule has 1 aromatic heterocycles. The van der Waals surface area contributed by atoms with Gasteiger partial charge >= 0.3 is 6.09 Å². The largest absolute Gasteiger partial charge is 0.490 e. The lowest BCUT2D eigenvalue weighted by Gasteiger charge is -2.34. The molecule has 1 aliphatic carbocycles. The van der Waals surface area contributed by atoms with E-state index in [1.807, 2.05) is 26.8 Å². The highest BCUT2D eigenvalue weighted by atomic mass is 16.6. The SMILES string of the molecule is CCCCc1nnc(OCC2CN(C(=O)OC(C)(C)C)CCO2)cc1-c1ccc(OC2CCCCC2)cc1. The predicted molar refractivity (Wildman–Crippen MR) is 147 cm³/mol. The molecule has 0 radical (unpaired) electrons. The number of unbranched alkanes of at least 4 members (excludes halogenated alkanes) is 1. The van der Waals surface area contributed by atoms with Gasteiger partial charge in [0.05, 0.1) is 24.9 Å². The van der Waals surface area contributed by atoms with Gasteiger partial charge in [-0.15, -0.1) is 5.10 Å². The Balaban J connectivity index is 1.41. The molecule has 1 atom stereocenters. The summed E-state index contributed by atoms with van der Waals surface area (Å²) in [6.45, 7) is 9.39. The molecule has 4 rings (SSSR count). The zero-order chi connectivity index (χ0) is 27.0. The number of ether oxygens (including phenoxy) is 4. The molecule has 8 nitrogen and oxygen atoms in total. The van der Waals surface area contributed by atoms with Crippen molar-refractivity contribution in [3.8, 4) is 22.8 Å². The molecule has 1 unspecified atom stereocenters. The van der Waals surface area contributed by atoms with Crippen molar-refractivity contribution in [3.63, 3.8) is 0 Å². The fourth-order valence-corrected chi connectivity index (χ4v) is 4.83. The van der Waals surface area contributed by atoms with Gasteiger partial charge in [-0.05, 0) is 77.0 Å². The number of morpholine rings is 1. The second kappa shape index (κ2) is 13.3. The van der Waals surface area contributed by atoms with Crippen LogP contribution >= 0.6 is 0 Å². The zero-order valence-electron chi connectivity index (χ0n) is 23.4. The molecule has 1 aromatic carbocycles. The van der Waals surface area contributed by atoms with Crippen molar-refractivity contribution in [2.24, 2.45) is 0 Å². The van der Waals surface area contributed by atoms with Gasteiger partial charge in [0.1, 0.15) is 24.1 Å². The molecule has 38 heavy (non-hydrogen) atoms. The van der Waals surface area contributed by atoms with E-state index in [4.69, 9.17) is 18.9 Å². The molecule has 2 heterocycles. The second-order valence-electron chi connectivity index (χ2n) is 11.3. The molecule has 1 saturated heterocycles. The summed E-state index contributed by atoms with van der Waals surface area (Å²) < 4.78 is 23.6. The third-order valence-electron chi connectivity index (χ3n) is 6.84. The van der Waals surface area contributed by atoms with Gasteiger partial charge in [0, 0.05) is 18.2 Å². The van der Waals surface area contributed by atoms with E-state index in [1.54, 1.807) is 4.90 Å². The Hall–Kier alpha value is -2.87. The lowest BCUT2D eigenvalue weighted by atomic mass is 9.97. The molecule has 0 bridgehead atoms. The minimum Gasteiger partial charge on any atom is -0.490 e. The summed E-state index contributed by atoms with van der Waals surface area (Å²) in [5.41, 5.74) is 2.52. The summed E-state index contributed by atoms with van der Waals surface area (Å²) in [6.07, 6.45) is 8.80. The summed E-state index contributed by atoms with van der Waals surface area (Å²) >= 11 is 0. The Morgan fingerprint density at radius 3 is 2.58 bits per heavy atom. The van der Waals surface area contributed by atoms with E-state index in [2.05, 4.69) is 41.4 Å². The van der Waals surface area contributed by atoms with Crippen LogP contribution in [0.1, 0.15) is 78.3 Å². The number of aromatic nitrogens is 2. The zero-order valence-corrected chi connectivity index (χ0v) is 23.4. The summed E-state index contributed by atoms with van der Waals surface area (Å²) in [7, 11) is 0. The molecule has 0 spiro atoms. The van der Waals surface area contributed by atoms with Gasteiger partial charge in [0.15, 0.2) is 0 Å². The summed E-state index contributed by atoms with van der Waals surface area (Å²) in [4.78, 5) is 14.1. The molecule has 1 amide bonds. The smallest absolute Gasteiger partial charge is 0.410 e. The molecule has 2 aliphatic rings. The number of rotatable bonds is 9. The van der Waals surface area contributed by atoms with Crippen LogP contribution in [0, 0.1) is 0 Å². The summed E-state index contributed by atoms with van der Waals surface area (Å²) in [5.74, 6) is 1.36. The molecule has 0 N–H and O–H groups in total. The molecule has 208 valence electrons. The third-order valence-corrected chi connectivity index (χ3v) is 6.84. The minimum atomic E-state index is -0.535. The highest BCUT2D eigenvalue weighted by Gasteiger charge is 2.28. The number of hydrogen-bond donors (Lipinski definition) is 0. The number of carbonyl (C=O) groups excluding carboxylic acids is 1. The predicted octanol–water partition coefficient (Wildman–Crippen LogP) is 6.21. The Morgan fingerprint density at radius 2 is 1.87 bits per heavy atom. The van der Waals surface area contributed by atoms with E-state index in [0.717, 1.165) is 54.7 Å². The van der Waals surface area contributed by atoms with E-state index in [9.17, 15) is 4.79 Å². The van der Waals surface area contributed by atoms with Gasteiger partial charge in [-0.3, -0.25) is 0 Å². The van der Waals surface area contributed by atoms with Crippen molar-refractivity contribution in [2.75, 3.05) is 26.3 Å². The second-order valence-corrected chi connectivity index (χ2v) is 11.3. The minimum absolute atomic E-state index is 0.266. The normalized spacial score (nSPS) is 18.7. The molecule has 8 heteroatoms. The number of carbonyl (C=O) groups is 1. The maximum atomic E-state index is 12.5. The van der Waals surface area contributed by atoms with Crippen LogP contribution in [0.5, 0.6) is 11.6 Å². The molecule has 2 fully saturated rings. The van der Waals surface area contributed by atoms with Crippen molar-refractivity contribution in [2.45, 2.75) is 96.9 Å². The van der Waals surface area contributed by atoms with Crippen molar-refractivity contribution in [1.29, 1.82) is 0 Å². The van der Waals surface area contributed by atoms with Gasteiger partial charge in [-0.1, -0.05) is 31.9 Å². The van der Waals surface area contributed by atoms with Crippen LogP contribution in [0.2, 0.25) is 0 Å². The third kappa shape index (κ3) is 8.32. The highest BCUT2D eigenvalue weighted by Crippen LogP contribution is 2.30. The Labute approximate surface area is 227 Å². The monoisotopic (exact) mass is 525 g/mol. The van der Waals surface area contributed by atoms with Crippen LogP contribution in [0.3, 0.4) is 0 Å². The summed E-state index contributed by atoms with van der Waals surface area (Å²) in [6, 6.07) is 10.3. The van der Waals surface area contributed by atoms with Crippen LogP contribution in [-0.4, -0.2) is 65.3 Å². The van der Waals surface area contributed by atoms with Gasteiger partial charge in [-0.25, -0.2) is 4.79 Å². The topological polar surface area (TPSA) is 83.0 Å². The maximum Gasteiger partial charge on any atom is 0.410 e. The van der Waals surface area contributed by atoms with Gasteiger partial charge in [0.25, 0.3) is 0 Å². The molecule has 2 aromatic rings. The van der Waals surface area contributed by atoms with E-state index in [-0.39, 0.29) is 18.8 Å². The van der Waals surface area contributed by atoms with Crippen LogP contribution in [0.4, 0.5) is 4.79 Å². The Morgan fingerprint density at radius 1 is 1.11 bits per heavy atom. The van der Waals surface area contributed by atoms with Crippen molar-refractivity contribution >= 4 is 6.09 Å². The molecular weight excluding hydrogens is 482 g/mol. The van der Waals surface area contributed by atoms with Crippen LogP contribution in [0.15, 0.2) is 30.3 Å². The molecule has 1 aliphatic heterocycles. The molecular formula is C30H43N3O5. The van der Waals surface area contributed by atoms with E-state index < -0.39 is 5.60 Å². The van der Waals surface area contributed by atoms with E-state index >= 15 is 0 Å². The highest BCUT2D eigenvalue weighted by molar-refractivity contribution is 5.68. The summed E-state index contributed by atoms with van der Waals surface area (Å²) in [5, 5.41) is 8.87. The molecule has 1 saturated carbocycles.